The molecule has 0 fully saturated rings. The highest BCUT2D eigenvalue weighted by molar-refractivity contribution is 5.94. The van der Waals surface area contributed by atoms with E-state index in [1.54, 1.807) is 43.7 Å². The van der Waals surface area contributed by atoms with Crippen molar-refractivity contribution in [1.82, 2.24) is 14.5 Å². The molecule has 0 spiro atoms. The van der Waals surface area contributed by atoms with Crippen LogP contribution in [0.2, 0.25) is 0 Å². The Balaban J connectivity index is 2.28. The van der Waals surface area contributed by atoms with Crippen molar-refractivity contribution in [3.05, 3.63) is 64.3 Å². The molecule has 0 saturated heterocycles. The lowest BCUT2D eigenvalue weighted by molar-refractivity contribution is 0.0725. The van der Waals surface area contributed by atoms with Crippen molar-refractivity contribution in [2.24, 2.45) is 7.05 Å². The van der Waals surface area contributed by atoms with Gasteiger partial charge in [-0.1, -0.05) is 13.0 Å². The topological polar surface area (TPSA) is 55.2 Å². The molecule has 1 atom stereocenters. The molecule has 0 unspecified atom stereocenters. The van der Waals surface area contributed by atoms with Gasteiger partial charge in [-0.3, -0.25) is 14.6 Å². The van der Waals surface area contributed by atoms with E-state index < -0.39 is 0 Å². The Morgan fingerprint density at radius 3 is 2.71 bits per heavy atom. The van der Waals surface area contributed by atoms with Crippen LogP contribution in [0.5, 0.6) is 0 Å². The predicted octanol–water partition coefficient (Wildman–Crippen LogP) is 2.00. The number of aromatic nitrogens is 2. The van der Waals surface area contributed by atoms with Gasteiger partial charge in [0.1, 0.15) is 0 Å². The van der Waals surface area contributed by atoms with Gasteiger partial charge in [0.25, 0.3) is 5.91 Å². The number of aryl methyl sites for hydroxylation is 1. The van der Waals surface area contributed by atoms with Crippen LogP contribution in [0, 0.1) is 0 Å². The number of hydrogen-bond donors (Lipinski definition) is 0. The lowest BCUT2D eigenvalue weighted by Crippen LogP contribution is -2.32. The van der Waals surface area contributed by atoms with Crippen molar-refractivity contribution in [3.63, 3.8) is 0 Å². The van der Waals surface area contributed by atoms with Crippen molar-refractivity contribution in [1.29, 1.82) is 0 Å². The first-order valence-electron chi connectivity index (χ1n) is 6.88. The van der Waals surface area contributed by atoms with E-state index in [1.165, 1.54) is 10.6 Å². The molecule has 0 aliphatic carbocycles. The monoisotopic (exact) mass is 285 g/mol. The van der Waals surface area contributed by atoms with E-state index in [1.807, 2.05) is 19.1 Å². The summed E-state index contributed by atoms with van der Waals surface area (Å²) in [5.41, 5.74) is 1.37. The molecule has 2 aromatic heterocycles. The zero-order valence-electron chi connectivity index (χ0n) is 12.5. The molecule has 110 valence electrons. The molecule has 1 amide bonds. The maximum absolute atomic E-state index is 12.6. The third kappa shape index (κ3) is 3.18. The molecule has 0 aromatic carbocycles. The largest absolute Gasteiger partial charge is 0.335 e. The lowest BCUT2D eigenvalue weighted by Gasteiger charge is -2.27. The Kier molecular flexibility index (Phi) is 4.52. The first-order chi connectivity index (χ1) is 10.0. The van der Waals surface area contributed by atoms with E-state index in [0.29, 0.717) is 5.56 Å². The molecule has 2 aromatic rings. The van der Waals surface area contributed by atoms with E-state index >= 15 is 0 Å². The van der Waals surface area contributed by atoms with E-state index in [9.17, 15) is 9.59 Å². The van der Waals surface area contributed by atoms with Gasteiger partial charge in [0, 0.05) is 38.8 Å². The second-order valence-corrected chi connectivity index (χ2v) is 4.99. The maximum atomic E-state index is 12.6. The maximum Gasteiger partial charge on any atom is 0.255 e. The van der Waals surface area contributed by atoms with E-state index in [2.05, 4.69) is 4.98 Å². The van der Waals surface area contributed by atoms with Crippen LogP contribution < -0.4 is 5.56 Å². The zero-order valence-corrected chi connectivity index (χ0v) is 12.5. The summed E-state index contributed by atoms with van der Waals surface area (Å²) in [5, 5.41) is 0. The molecule has 0 bridgehead atoms. The lowest BCUT2D eigenvalue weighted by atomic mass is 10.0. The number of carbonyl (C=O) groups is 1. The standard InChI is InChI=1S/C16H19N3O2/c1-4-14(12-6-5-9-17-10-12)19(3)16(21)13-7-8-15(20)18(2)11-13/h5-11,14H,4H2,1-3H3/t14-/m0/s1. The summed E-state index contributed by atoms with van der Waals surface area (Å²) in [4.78, 5) is 29.8. The van der Waals surface area contributed by atoms with Gasteiger partial charge in [-0.2, -0.15) is 0 Å². The summed E-state index contributed by atoms with van der Waals surface area (Å²) in [5.74, 6) is -0.110. The van der Waals surface area contributed by atoms with E-state index in [0.717, 1.165) is 12.0 Å². The highest BCUT2D eigenvalue weighted by Gasteiger charge is 2.21. The van der Waals surface area contributed by atoms with Crippen LogP contribution in [0.4, 0.5) is 0 Å². The molecule has 0 radical (unpaired) electrons. The quantitative estimate of drug-likeness (QED) is 0.863. The molecule has 21 heavy (non-hydrogen) atoms. The van der Waals surface area contributed by atoms with Gasteiger partial charge in [0.05, 0.1) is 11.6 Å². The fraction of sp³-hybridized carbons (Fsp3) is 0.312. The van der Waals surface area contributed by atoms with E-state index in [-0.39, 0.29) is 17.5 Å². The molecule has 2 heterocycles. The van der Waals surface area contributed by atoms with Gasteiger partial charge in [-0.25, -0.2) is 0 Å². The van der Waals surface area contributed by atoms with Crippen molar-refractivity contribution < 1.29 is 4.79 Å². The van der Waals surface area contributed by atoms with Gasteiger partial charge < -0.3 is 9.47 Å². The van der Waals surface area contributed by atoms with Gasteiger partial charge in [-0.15, -0.1) is 0 Å². The number of hydrogen-bond acceptors (Lipinski definition) is 3. The molecule has 5 heteroatoms. The summed E-state index contributed by atoms with van der Waals surface area (Å²) < 4.78 is 1.41. The van der Waals surface area contributed by atoms with Gasteiger partial charge in [-0.05, 0) is 24.1 Å². The first-order valence-corrected chi connectivity index (χ1v) is 6.88. The summed E-state index contributed by atoms with van der Waals surface area (Å²) in [7, 11) is 3.41. The number of nitrogens with zero attached hydrogens (tertiary/aromatic N) is 3. The number of rotatable bonds is 4. The third-order valence-electron chi connectivity index (χ3n) is 3.58. The Labute approximate surface area is 123 Å². The summed E-state index contributed by atoms with van der Waals surface area (Å²) in [6.07, 6.45) is 5.85. The average molecular weight is 285 g/mol. The van der Waals surface area contributed by atoms with Crippen molar-refractivity contribution >= 4 is 5.91 Å². The molecule has 0 aliphatic heterocycles. The van der Waals surface area contributed by atoms with Crippen molar-refractivity contribution in [3.8, 4) is 0 Å². The van der Waals surface area contributed by atoms with Crippen LogP contribution in [0.3, 0.4) is 0 Å². The molecule has 0 saturated carbocycles. The fourth-order valence-corrected chi connectivity index (χ4v) is 2.37. The van der Waals surface area contributed by atoms with Crippen LogP contribution in [-0.4, -0.2) is 27.4 Å². The van der Waals surface area contributed by atoms with Crippen LogP contribution in [-0.2, 0) is 7.05 Å². The summed E-state index contributed by atoms with van der Waals surface area (Å²) in [6, 6.07) is 6.76. The Bertz CT molecular complexity index is 679. The highest BCUT2D eigenvalue weighted by atomic mass is 16.2. The second-order valence-electron chi connectivity index (χ2n) is 4.99. The van der Waals surface area contributed by atoms with Gasteiger partial charge in [0.15, 0.2) is 0 Å². The molecule has 5 nitrogen and oxygen atoms in total. The molecule has 0 N–H and O–H groups in total. The summed E-state index contributed by atoms with van der Waals surface area (Å²) >= 11 is 0. The van der Waals surface area contributed by atoms with Gasteiger partial charge in [0.2, 0.25) is 5.56 Å². The zero-order chi connectivity index (χ0) is 15.4. The molecular weight excluding hydrogens is 266 g/mol. The SMILES string of the molecule is CC[C@@H](c1cccnc1)N(C)C(=O)c1ccc(=O)n(C)c1. The minimum Gasteiger partial charge on any atom is -0.335 e. The normalized spacial score (nSPS) is 12.0. The molecular formula is C16H19N3O2. The Morgan fingerprint density at radius 1 is 1.38 bits per heavy atom. The number of pyridine rings is 2. The van der Waals surface area contributed by atoms with Gasteiger partial charge >= 0.3 is 0 Å². The predicted molar refractivity (Wildman–Crippen MR) is 81.0 cm³/mol. The van der Waals surface area contributed by atoms with Crippen molar-refractivity contribution in [2.75, 3.05) is 7.05 Å². The third-order valence-corrected chi connectivity index (χ3v) is 3.58. The Hall–Kier alpha value is -2.43. The number of carbonyl (C=O) groups excluding carboxylic acids is 1. The molecule has 2 rings (SSSR count). The minimum atomic E-state index is -0.131. The van der Waals surface area contributed by atoms with Crippen LogP contribution in [0.25, 0.3) is 0 Å². The minimum absolute atomic E-state index is 0.0385. The van der Waals surface area contributed by atoms with E-state index in [4.69, 9.17) is 0 Å². The highest BCUT2D eigenvalue weighted by Crippen LogP contribution is 2.23. The van der Waals surface area contributed by atoms with Crippen molar-refractivity contribution in [2.45, 2.75) is 19.4 Å². The Morgan fingerprint density at radius 2 is 2.14 bits per heavy atom. The second kappa shape index (κ2) is 6.35. The fourth-order valence-electron chi connectivity index (χ4n) is 2.37. The summed E-state index contributed by atoms with van der Waals surface area (Å²) in [6.45, 7) is 2.03. The van der Waals surface area contributed by atoms with Crippen LogP contribution in [0.1, 0.15) is 35.3 Å². The first kappa shape index (κ1) is 15.0. The number of amides is 1. The van der Waals surface area contributed by atoms with Crippen LogP contribution in [0.15, 0.2) is 47.7 Å². The smallest absolute Gasteiger partial charge is 0.255 e. The molecule has 0 aliphatic rings. The average Bonchev–Trinajstić information content (AvgIpc) is 2.51. The van der Waals surface area contributed by atoms with Crippen LogP contribution >= 0.6 is 0 Å².